The standard InChI is InChI=1S/C12H24N2O2/c1-4-12(13,5-2)9-16-8-11(15)14(3)10-6-7-10/h10H,4-9,13H2,1-3H3. The van der Waals surface area contributed by atoms with Gasteiger partial charge >= 0.3 is 0 Å². The average molecular weight is 228 g/mol. The van der Waals surface area contributed by atoms with Crippen LogP contribution >= 0.6 is 0 Å². The van der Waals surface area contributed by atoms with Gasteiger partial charge in [0.2, 0.25) is 5.91 Å². The highest BCUT2D eigenvalue weighted by Crippen LogP contribution is 2.25. The van der Waals surface area contributed by atoms with E-state index >= 15 is 0 Å². The molecule has 1 fully saturated rings. The number of carbonyl (C=O) groups is 1. The van der Waals surface area contributed by atoms with Gasteiger partial charge in [0.05, 0.1) is 6.61 Å². The molecule has 1 rings (SSSR count). The Labute approximate surface area is 98.1 Å². The van der Waals surface area contributed by atoms with Crippen LogP contribution in [-0.4, -0.2) is 42.6 Å². The van der Waals surface area contributed by atoms with Crippen LogP contribution in [0, 0.1) is 0 Å². The van der Waals surface area contributed by atoms with Crippen molar-refractivity contribution in [1.29, 1.82) is 0 Å². The third kappa shape index (κ3) is 3.76. The Bertz CT molecular complexity index is 235. The average Bonchev–Trinajstić information content (AvgIpc) is 3.11. The molecule has 0 aliphatic heterocycles. The summed E-state index contributed by atoms with van der Waals surface area (Å²) in [5, 5.41) is 0. The van der Waals surface area contributed by atoms with Crippen LogP contribution < -0.4 is 5.73 Å². The first-order valence-electron chi connectivity index (χ1n) is 6.14. The van der Waals surface area contributed by atoms with E-state index in [9.17, 15) is 4.79 Å². The Morgan fingerprint density at radius 3 is 2.44 bits per heavy atom. The minimum absolute atomic E-state index is 0.0667. The molecule has 2 N–H and O–H groups in total. The van der Waals surface area contributed by atoms with Crippen LogP contribution in [0.25, 0.3) is 0 Å². The zero-order valence-electron chi connectivity index (χ0n) is 10.7. The molecule has 0 spiro atoms. The molecule has 94 valence electrons. The molecule has 1 aliphatic carbocycles. The first kappa shape index (κ1) is 13.5. The molecule has 0 atom stereocenters. The number of hydrogen-bond acceptors (Lipinski definition) is 3. The Morgan fingerprint density at radius 1 is 1.44 bits per heavy atom. The molecule has 4 nitrogen and oxygen atoms in total. The molecule has 0 aromatic carbocycles. The van der Waals surface area contributed by atoms with Gasteiger partial charge in [-0.25, -0.2) is 0 Å². The maximum Gasteiger partial charge on any atom is 0.248 e. The summed E-state index contributed by atoms with van der Waals surface area (Å²) in [7, 11) is 1.85. The lowest BCUT2D eigenvalue weighted by atomic mass is 9.96. The largest absolute Gasteiger partial charge is 0.370 e. The van der Waals surface area contributed by atoms with E-state index < -0.39 is 0 Å². The molecular weight excluding hydrogens is 204 g/mol. The fourth-order valence-electron chi connectivity index (χ4n) is 1.56. The van der Waals surface area contributed by atoms with Crippen LogP contribution in [0.1, 0.15) is 39.5 Å². The van der Waals surface area contributed by atoms with Crippen LogP contribution in [0.4, 0.5) is 0 Å². The second-order valence-electron chi connectivity index (χ2n) is 4.80. The maximum atomic E-state index is 11.6. The Morgan fingerprint density at radius 2 is 2.00 bits per heavy atom. The summed E-state index contributed by atoms with van der Waals surface area (Å²) in [6.45, 7) is 4.71. The van der Waals surface area contributed by atoms with Gasteiger partial charge in [-0.3, -0.25) is 4.79 Å². The molecule has 1 aliphatic rings. The van der Waals surface area contributed by atoms with E-state index in [1.807, 2.05) is 20.9 Å². The van der Waals surface area contributed by atoms with Crippen molar-refractivity contribution in [2.75, 3.05) is 20.3 Å². The molecule has 1 saturated carbocycles. The summed E-state index contributed by atoms with van der Waals surface area (Å²) >= 11 is 0. The van der Waals surface area contributed by atoms with Gasteiger partial charge in [0.1, 0.15) is 6.61 Å². The fourth-order valence-corrected chi connectivity index (χ4v) is 1.56. The Kier molecular flexibility index (Phi) is 4.74. The number of carbonyl (C=O) groups excluding carboxylic acids is 1. The topological polar surface area (TPSA) is 55.6 Å². The van der Waals surface area contributed by atoms with Crippen molar-refractivity contribution in [1.82, 2.24) is 4.90 Å². The van der Waals surface area contributed by atoms with Crippen molar-refractivity contribution < 1.29 is 9.53 Å². The van der Waals surface area contributed by atoms with Crippen LogP contribution in [0.15, 0.2) is 0 Å². The predicted octanol–water partition coefficient (Wildman–Crippen LogP) is 1.14. The number of nitrogens with zero attached hydrogens (tertiary/aromatic N) is 1. The summed E-state index contributed by atoms with van der Waals surface area (Å²) in [6.07, 6.45) is 4.01. The molecule has 0 bridgehead atoms. The normalized spacial score (nSPS) is 16.2. The molecule has 0 aromatic rings. The van der Waals surface area contributed by atoms with Crippen LogP contribution in [0.5, 0.6) is 0 Å². The first-order chi connectivity index (χ1) is 7.52. The molecule has 0 unspecified atom stereocenters. The van der Waals surface area contributed by atoms with Gasteiger partial charge in [-0.15, -0.1) is 0 Å². The summed E-state index contributed by atoms with van der Waals surface area (Å²) in [5.41, 5.74) is 5.80. The summed E-state index contributed by atoms with van der Waals surface area (Å²) in [6, 6.07) is 0.455. The third-order valence-electron chi connectivity index (χ3n) is 3.51. The van der Waals surface area contributed by atoms with Gasteiger partial charge < -0.3 is 15.4 Å². The molecule has 0 radical (unpaired) electrons. The lowest BCUT2D eigenvalue weighted by Crippen LogP contribution is -2.44. The molecule has 4 heteroatoms. The lowest BCUT2D eigenvalue weighted by Gasteiger charge is -2.26. The van der Waals surface area contributed by atoms with Gasteiger partial charge in [0.15, 0.2) is 0 Å². The van der Waals surface area contributed by atoms with Crippen molar-refractivity contribution in [3.05, 3.63) is 0 Å². The van der Waals surface area contributed by atoms with Crippen molar-refractivity contribution in [3.63, 3.8) is 0 Å². The minimum atomic E-state index is -0.279. The molecule has 1 amide bonds. The van der Waals surface area contributed by atoms with Gasteiger partial charge in [-0.1, -0.05) is 13.8 Å². The summed E-state index contributed by atoms with van der Waals surface area (Å²) < 4.78 is 5.43. The Hall–Kier alpha value is -0.610. The molecule has 0 aromatic heterocycles. The van der Waals surface area contributed by atoms with Crippen LogP contribution in [0.2, 0.25) is 0 Å². The zero-order chi connectivity index (χ0) is 12.2. The van der Waals surface area contributed by atoms with E-state index in [0.29, 0.717) is 12.6 Å². The van der Waals surface area contributed by atoms with Crippen LogP contribution in [-0.2, 0) is 9.53 Å². The third-order valence-corrected chi connectivity index (χ3v) is 3.51. The van der Waals surface area contributed by atoms with E-state index in [0.717, 1.165) is 25.7 Å². The smallest absolute Gasteiger partial charge is 0.248 e. The van der Waals surface area contributed by atoms with E-state index in [-0.39, 0.29) is 18.1 Å². The number of nitrogens with two attached hydrogens (primary N) is 1. The van der Waals surface area contributed by atoms with Gasteiger partial charge in [0, 0.05) is 18.6 Å². The maximum absolute atomic E-state index is 11.6. The van der Waals surface area contributed by atoms with Gasteiger partial charge in [-0.05, 0) is 25.7 Å². The highest BCUT2D eigenvalue weighted by atomic mass is 16.5. The minimum Gasteiger partial charge on any atom is -0.370 e. The van der Waals surface area contributed by atoms with Crippen LogP contribution in [0.3, 0.4) is 0 Å². The number of amides is 1. The summed E-state index contributed by atoms with van der Waals surface area (Å²) in [5.74, 6) is 0.0667. The summed E-state index contributed by atoms with van der Waals surface area (Å²) in [4.78, 5) is 13.4. The number of likely N-dealkylation sites (N-methyl/N-ethyl adjacent to an activating group) is 1. The monoisotopic (exact) mass is 228 g/mol. The van der Waals surface area contributed by atoms with E-state index in [2.05, 4.69) is 0 Å². The van der Waals surface area contributed by atoms with Gasteiger partial charge in [-0.2, -0.15) is 0 Å². The van der Waals surface area contributed by atoms with Gasteiger partial charge in [0.25, 0.3) is 0 Å². The number of rotatable bonds is 7. The lowest BCUT2D eigenvalue weighted by molar-refractivity contribution is -0.135. The molecule has 16 heavy (non-hydrogen) atoms. The van der Waals surface area contributed by atoms with Crippen molar-refractivity contribution in [2.24, 2.45) is 5.73 Å². The first-order valence-corrected chi connectivity index (χ1v) is 6.14. The predicted molar refractivity (Wildman–Crippen MR) is 64.1 cm³/mol. The van der Waals surface area contributed by atoms with Crippen molar-refractivity contribution >= 4 is 5.91 Å². The van der Waals surface area contributed by atoms with Crippen molar-refractivity contribution in [3.8, 4) is 0 Å². The molecular formula is C12H24N2O2. The Balaban J connectivity index is 2.21. The number of ether oxygens (including phenoxy) is 1. The highest BCUT2D eigenvalue weighted by Gasteiger charge is 2.29. The van der Waals surface area contributed by atoms with E-state index in [1.165, 1.54) is 0 Å². The van der Waals surface area contributed by atoms with E-state index in [4.69, 9.17) is 10.5 Å². The SMILES string of the molecule is CCC(N)(CC)COCC(=O)N(C)C1CC1. The second-order valence-corrected chi connectivity index (χ2v) is 4.80. The molecule has 0 heterocycles. The molecule has 0 saturated heterocycles. The quantitative estimate of drug-likeness (QED) is 0.711. The van der Waals surface area contributed by atoms with E-state index in [1.54, 1.807) is 4.90 Å². The number of hydrogen-bond donors (Lipinski definition) is 1. The fraction of sp³-hybridized carbons (Fsp3) is 0.917. The zero-order valence-corrected chi connectivity index (χ0v) is 10.7. The highest BCUT2D eigenvalue weighted by molar-refractivity contribution is 5.77. The second kappa shape index (κ2) is 5.64. The van der Waals surface area contributed by atoms with Crippen molar-refractivity contribution in [2.45, 2.75) is 51.1 Å².